The van der Waals surface area contributed by atoms with Gasteiger partial charge in [-0.25, -0.2) is 0 Å². The van der Waals surface area contributed by atoms with Crippen LogP contribution < -0.4 is 0 Å². The van der Waals surface area contributed by atoms with Gasteiger partial charge in [0.15, 0.2) is 0 Å². The maximum absolute atomic E-state index is 12.8. The van der Waals surface area contributed by atoms with Gasteiger partial charge in [0.1, 0.15) is 12.2 Å². The third-order valence-corrected chi connectivity index (χ3v) is 7.32. The molecule has 0 radical (unpaired) electrons. The van der Waals surface area contributed by atoms with Crippen LogP contribution >= 0.6 is 0 Å². The molecule has 0 aromatic rings. The molecule has 0 amide bonds. The van der Waals surface area contributed by atoms with Crippen LogP contribution in [-0.4, -0.2) is 24.1 Å². The Labute approximate surface area is 237 Å². The van der Waals surface area contributed by atoms with Gasteiger partial charge in [0.25, 0.3) is 0 Å². The molecule has 0 fully saturated rings. The first-order chi connectivity index (χ1) is 18.6. The summed E-state index contributed by atoms with van der Waals surface area (Å²) < 4.78 is 12.1. The number of esters is 2. The Morgan fingerprint density at radius 2 is 0.921 bits per heavy atom. The zero-order valence-electron chi connectivity index (χ0n) is 25.9. The molecule has 0 saturated heterocycles. The second-order valence-corrected chi connectivity index (χ2v) is 11.2. The normalized spacial score (nSPS) is 13.1. The van der Waals surface area contributed by atoms with Crippen molar-refractivity contribution in [3.8, 4) is 0 Å². The average Bonchev–Trinajstić information content (AvgIpc) is 2.91. The standard InChI is InChI=1S/C34H64O4/c1-5-9-13-17-19-21-25-29-33(35)37-31(27-23-15-11-7-3)32(28-24-16-12-8-4)38-34(36)30-26-22-20-18-14-10-6-2/h21,25,31-32H,5-20,22-24,26-30H2,1-4H3/b25-21+. The van der Waals surface area contributed by atoms with Crippen molar-refractivity contribution in [3.05, 3.63) is 12.2 Å². The first-order valence-electron chi connectivity index (χ1n) is 16.6. The van der Waals surface area contributed by atoms with Crippen LogP contribution in [0.4, 0.5) is 0 Å². The van der Waals surface area contributed by atoms with E-state index in [1.165, 1.54) is 83.5 Å². The molecule has 0 bridgehead atoms. The molecule has 4 heteroatoms. The van der Waals surface area contributed by atoms with Crippen molar-refractivity contribution in [2.24, 2.45) is 0 Å². The quantitative estimate of drug-likeness (QED) is 0.0567. The van der Waals surface area contributed by atoms with Gasteiger partial charge in [-0.3, -0.25) is 9.59 Å². The summed E-state index contributed by atoms with van der Waals surface area (Å²) in [5.74, 6) is -0.322. The number of ether oxygens (including phenoxy) is 2. The highest BCUT2D eigenvalue weighted by molar-refractivity contribution is 5.71. The van der Waals surface area contributed by atoms with E-state index in [1.54, 1.807) is 0 Å². The fraction of sp³-hybridized carbons (Fsp3) is 0.882. The molecule has 0 aromatic heterocycles. The summed E-state index contributed by atoms with van der Waals surface area (Å²) >= 11 is 0. The van der Waals surface area contributed by atoms with Crippen LogP contribution in [0.2, 0.25) is 0 Å². The van der Waals surface area contributed by atoms with E-state index in [2.05, 4.69) is 33.8 Å². The maximum atomic E-state index is 12.8. The SMILES string of the molecule is CCCCCC/C=C/CC(=O)OC(CCCCCC)C(CCCCCC)OC(=O)CCCCCCCCC. The summed E-state index contributed by atoms with van der Waals surface area (Å²) in [5.41, 5.74) is 0. The van der Waals surface area contributed by atoms with E-state index in [-0.39, 0.29) is 24.1 Å². The molecular formula is C34H64O4. The third-order valence-electron chi connectivity index (χ3n) is 7.32. The maximum Gasteiger partial charge on any atom is 0.310 e. The minimum Gasteiger partial charge on any atom is -0.458 e. The highest BCUT2D eigenvalue weighted by Crippen LogP contribution is 2.21. The molecule has 0 aromatic carbocycles. The van der Waals surface area contributed by atoms with E-state index in [4.69, 9.17) is 9.47 Å². The van der Waals surface area contributed by atoms with Crippen molar-refractivity contribution in [3.63, 3.8) is 0 Å². The number of hydrogen-bond donors (Lipinski definition) is 0. The first-order valence-corrected chi connectivity index (χ1v) is 16.6. The third kappa shape index (κ3) is 23.8. The molecule has 0 aliphatic heterocycles. The fourth-order valence-corrected chi connectivity index (χ4v) is 4.84. The van der Waals surface area contributed by atoms with Gasteiger partial charge in [-0.1, -0.05) is 136 Å². The lowest BCUT2D eigenvalue weighted by Crippen LogP contribution is -2.35. The number of rotatable bonds is 28. The molecule has 0 spiro atoms. The van der Waals surface area contributed by atoms with Gasteiger partial charge in [-0.15, -0.1) is 0 Å². The van der Waals surface area contributed by atoms with Crippen molar-refractivity contribution < 1.29 is 19.1 Å². The molecule has 2 unspecified atom stereocenters. The summed E-state index contributed by atoms with van der Waals surface area (Å²) in [6.07, 6.45) is 28.9. The van der Waals surface area contributed by atoms with Crippen LogP contribution in [0.15, 0.2) is 12.2 Å². The molecule has 0 N–H and O–H groups in total. The van der Waals surface area contributed by atoms with Crippen molar-refractivity contribution in [1.82, 2.24) is 0 Å². The van der Waals surface area contributed by atoms with E-state index in [1.807, 2.05) is 6.08 Å². The van der Waals surface area contributed by atoms with Crippen molar-refractivity contribution in [2.75, 3.05) is 0 Å². The Morgan fingerprint density at radius 3 is 1.45 bits per heavy atom. The largest absolute Gasteiger partial charge is 0.458 e. The lowest BCUT2D eigenvalue weighted by atomic mass is 9.99. The first kappa shape index (κ1) is 36.7. The molecule has 224 valence electrons. The second-order valence-electron chi connectivity index (χ2n) is 11.2. The van der Waals surface area contributed by atoms with E-state index < -0.39 is 0 Å². The highest BCUT2D eigenvalue weighted by atomic mass is 16.6. The zero-order valence-corrected chi connectivity index (χ0v) is 25.9. The molecule has 4 nitrogen and oxygen atoms in total. The van der Waals surface area contributed by atoms with Gasteiger partial charge in [0.2, 0.25) is 0 Å². The van der Waals surface area contributed by atoms with Gasteiger partial charge in [0.05, 0.1) is 6.42 Å². The highest BCUT2D eigenvalue weighted by Gasteiger charge is 2.28. The minimum absolute atomic E-state index is 0.124. The Hall–Kier alpha value is -1.32. The number of hydrogen-bond acceptors (Lipinski definition) is 4. The van der Waals surface area contributed by atoms with Crippen LogP contribution in [0.3, 0.4) is 0 Å². The summed E-state index contributed by atoms with van der Waals surface area (Å²) in [5, 5.41) is 0. The Balaban J connectivity index is 4.95. The van der Waals surface area contributed by atoms with Crippen LogP contribution in [0.5, 0.6) is 0 Å². The fourth-order valence-electron chi connectivity index (χ4n) is 4.84. The van der Waals surface area contributed by atoms with E-state index in [0.29, 0.717) is 12.8 Å². The van der Waals surface area contributed by atoms with E-state index in [0.717, 1.165) is 57.8 Å². The molecule has 0 rings (SSSR count). The molecular weight excluding hydrogens is 472 g/mol. The van der Waals surface area contributed by atoms with Crippen LogP contribution in [0.25, 0.3) is 0 Å². The summed E-state index contributed by atoms with van der Waals surface area (Å²) in [4.78, 5) is 25.5. The molecule has 0 aliphatic rings. The summed E-state index contributed by atoms with van der Waals surface area (Å²) in [6, 6.07) is 0. The van der Waals surface area contributed by atoms with Gasteiger partial charge in [-0.2, -0.15) is 0 Å². The average molecular weight is 537 g/mol. The molecule has 38 heavy (non-hydrogen) atoms. The molecule has 0 heterocycles. The van der Waals surface area contributed by atoms with Gasteiger partial charge in [-0.05, 0) is 44.9 Å². The lowest BCUT2D eigenvalue weighted by Gasteiger charge is -2.27. The Morgan fingerprint density at radius 1 is 0.500 bits per heavy atom. The number of unbranched alkanes of at least 4 members (excludes halogenated alkanes) is 16. The minimum atomic E-state index is -0.336. The summed E-state index contributed by atoms with van der Waals surface area (Å²) in [6.45, 7) is 8.85. The zero-order chi connectivity index (χ0) is 28.1. The number of carbonyl (C=O) groups excluding carboxylic acids is 2. The van der Waals surface area contributed by atoms with E-state index >= 15 is 0 Å². The van der Waals surface area contributed by atoms with Crippen LogP contribution in [0, 0.1) is 0 Å². The van der Waals surface area contributed by atoms with Crippen molar-refractivity contribution >= 4 is 11.9 Å². The van der Waals surface area contributed by atoms with Gasteiger partial charge >= 0.3 is 11.9 Å². The van der Waals surface area contributed by atoms with Crippen LogP contribution in [-0.2, 0) is 19.1 Å². The van der Waals surface area contributed by atoms with Crippen molar-refractivity contribution in [2.45, 2.75) is 194 Å². The predicted molar refractivity (Wildman–Crippen MR) is 162 cm³/mol. The molecule has 0 saturated carbocycles. The molecule has 0 aliphatic carbocycles. The van der Waals surface area contributed by atoms with Gasteiger partial charge in [0, 0.05) is 6.42 Å². The smallest absolute Gasteiger partial charge is 0.310 e. The lowest BCUT2D eigenvalue weighted by molar-refractivity contribution is -0.169. The van der Waals surface area contributed by atoms with Crippen LogP contribution in [0.1, 0.15) is 182 Å². The number of allylic oxidation sites excluding steroid dienone is 1. The van der Waals surface area contributed by atoms with E-state index in [9.17, 15) is 9.59 Å². The Kier molecular flexibility index (Phi) is 27.7. The molecule has 2 atom stereocenters. The summed E-state index contributed by atoms with van der Waals surface area (Å²) in [7, 11) is 0. The van der Waals surface area contributed by atoms with Crippen molar-refractivity contribution in [1.29, 1.82) is 0 Å². The topological polar surface area (TPSA) is 52.6 Å². The van der Waals surface area contributed by atoms with Gasteiger partial charge < -0.3 is 9.47 Å². The Bertz CT molecular complexity index is 557. The second kappa shape index (κ2) is 28.7. The predicted octanol–water partition coefficient (Wildman–Crippen LogP) is 10.8. The number of carbonyl (C=O) groups is 2. The monoisotopic (exact) mass is 536 g/mol.